The van der Waals surface area contributed by atoms with Crippen LogP contribution in [0.15, 0.2) is 30.6 Å². The molecule has 2 aromatic rings. The number of nitrogens with zero attached hydrogens (tertiary/aromatic N) is 2. The van der Waals surface area contributed by atoms with Crippen LogP contribution in [0.25, 0.3) is 11.3 Å². The van der Waals surface area contributed by atoms with E-state index in [1.165, 1.54) is 0 Å². The lowest BCUT2D eigenvalue weighted by molar-refractivity contribution is -0.137. The molecule has 0 radical (unpaired) electrons. The summed E-state index contributed by atoms with van der Waals surface area (Å²) in [5, 5.41) is 0. The highest BCUT2D eigenvalue weighted by Gasteiger charge is 2.34. The van der Waals surface area contributed by atoms with Gasteiger partial charge in [0, 0.05) is 11.3 Å². The maximum absolute atomic E-state index is 13.3. The lowest BCUT2D eigenvalue weighted by atomic mass is 10.0. The number of nitrogen functional groups attached to an aromatic ring is 1. The average Bonchev–Trinajstić information content (AvgIpc) is 2.46. The van der Waals surface area contributed by atoms with Crippen molar-refractivity contribution in [3.05, 3.63) is 41.9 Å². The van der Waals surface area contributed by atoms with Crippen LogP contribution in [-0.4, -0.2) is 16.6 Å². The molecule has 2 N–H and O–H groups in total. The van der Waals surface area contributed by atoms with Crippen LogP contribution in [-0.2, 0) is 12.1 Å². The zero-order valence-corrected chi connectivity index (χ0v) is 10.8. The normalized spacial score (nSPS) is 12.5. The first-order valence-corrected chi connectivity index (χ1v) is 5.88. The molecule has 0 amide bonds. The van der Waals surface area contributed by atoms with Crippen LogP contribution >= 0.6 is 0 Å². The summed E-state index contributed by atoms with van der Waals surface area (Å²) >= 11 is 0. The molecule has 1 heterocycles. The number of alkyl halides is 6. The van der Waals surface area contributed by atoms with Gasteiger partial charge in [0.1, 0.15) is 12.0 Å². The third-order valence-corrected chi connectivity index (χ3v) is 2.87. The van der Waals surface area contributed by atoms with Crippen molar-refractivity contribution in [1.82, 2.24) is 9.97 Å². The number of nitrogens with two attached hydrogens (primary N) is 1. The molecule has 0 saturated heterocycles. The Morgan fingerprint density at radius 1 is 1.00 bits per heavy atom. The Morgan fingerprint density at radius 2 is 1.68 bits per heavy atom. The van der Waals surface area contributed by atoms with Gasteiger partial charge in [-0.1, -0.05) is 0 Å². The summed E-state index contributed by atoms with van der Waals surface area (Å²) in [5.74, 6) is -3.85. The van der Waals surface area contributed by atoms with Crippen LogP contribution in [0.2, 0.25) is 0 Å². The number of anilines is 1. The molecule has 0 aliphatic carbocycles. The molecule has 118 valence electrons. The molecule has 0 aliphatic heterocycles. The van der Waals surface area contributed by atoms with Crippen molar-refractivity contribution in [3.8, 4) is 11.3 Å². The maximum atomic E-state index is 13.3. The maximum Gasteiger partial charge on any atom is 0.416 e. The fourth-order valence-corrected chi connectivity index (χ4v) is 1.73. The van der Waals surface area contributed by atoms with E-state index in [2.05, 4.69) is 9.97 Å². The molecule has 0 saturated carbocycles. The smallest absolute Gasteiger partial charge is 0.398 e. The van der Waals surface area contributed by atoms with Crippen molar-refractivity contribution in [1.29, 1.82) is 0 Å². The summed E-state index contributed by atoms with van der Waals surface area (Å²) in [5.41, 5.74) is 3.11. The Balaban J connectivity index is 2.55. The van der Waals surface area contributed by atoms with Gasteiger partial charge in [-0.3, -0.25) is 0 Å². The van der Waals surface area contributed by atoms with Crippen LogP contribution in [0.1, 0.15) is 11.3 Å². The number of hydrogen-bond acceptors (Lipinski definition) is 3. The molecule has 1 aromatic heterocycles. The minimum absolute atomic E-state index is 0.0822. The molecule has 0 unspecified atom stereocenters. The second-order valence-corrected chi connectivity index (χ2v) is 4.43. The second kappa shape index (κ2) is 5.47. The molecule has 9 heteroatoms. The Labute approximate surface area is 120 Å². The quantitative estimate of drug-likeness (QED) is 0.691. The molecule has 2 rings (SSSR count). The van der Waals surface area contributed by atoms with Gasteiger partial charge in [0.15, 0.2) is 6.67 Å². The van der Waals surface area contributed by atoms with E-state index >= 15 is 0 Å². The molecular formula is C13H9F6N3. The van der Waals surface area contributed by atoms with Gasteiger partial charge in [0.2, 0.25) is 0 Å². The predicted octanol–water partition coefficient (Wildman–Crippen LogP) is 3.81. The van der Waals surface area contributed by atoms with Crippen molar-refractivity contribution in [2.45, 2.75) is 12.1 Å². The molecule has 1 aromatic carbocycles. The standard InChI is InChI=1S/C13H9F6N3/c14-5-12(15,16)11-4-10(21-6-22-11)8-3-7(13(17,18)19)1-2-9(8)20/h1-4,6H,5,20H2. The number of hydrogen-bond donors (Lipinski definition) is 1. The molecular weight excluding hydrogens is 312 g/mol. The Bertz CT molecular complexity index is 684. The van der Waals surface area contributed by atoms with Crippen molar-refractivity contribution in [3.63, 3.8) is 0 Å². The zero-order valence-electron chi connectivity index (χ0n) is 10.8. The molecule has 0 atom stereocenters. The van der Waals surface area contributed by atoms with Gasteiger partial charge in [-0.2, -0.15) is 22.0 Å². The topological polar surface area (TPSA) is 51.8 Å². The van der Waals surface area contributed by atoms with Gasteiger partial charge < -0.3 is 5.73 Å². The van der Waals surface area contributed by atoms with E-state index in [4.69, 9.17) is 5.73 Å². The summed E-state index contributed by atoms with van der Waals surface area (Å²) in [4.78, 5) is 6.87. The number of halogens is 6. The van der Waals surface area contributed by atoms with E-state index in [0.717, 1.165) is 12.1 Å². The largest absolute Gasteiger partial charge is 0.416 e. The summed E-state index contributed by atoms with van der Waals surface area (Å²) in [6.45, 7) is -1.98. The van der Waals surface area contributed by atoms with Gasteiger partial charge in [-0.25, -0.2) is 14.4 Å². The van der Waals surface area contributed by atoms with Crippen LogP contribution in [0.5, 0.6) is 0 Å². The van der Waals surface area contributed by atoms with Gasteiger partial charge in [0.25, 0.3) is 0 Å². The van der Waals surface area contributed by atoms with E-state index in [1.54, 1.807) is 0 Å². The average molecular weight is 321 g/mol. The van der Waals surface area contributed by atoms with Gasteiger partial charge in [-0.05, 0) is 24.3 Å². The highest BCUT2D eigenvalue weighted by Crippen LogP contribution is 2.35. The number of rotatable bonds is 3. The predicted molar refractivity (Wildman–Crippen MR) is 66.8 cm³/mol. The van der Waals surface area contributed by atoms with E-state index < -0.39 is 30.0 Å². The first kappa shape index (κ1) is 16.1. The molecule has 0 fully saturated rings. The Hall–Kier alpha value is -2.32. The molecule has 0 aliphatic rings. The van der Waals surface area contributed by atoms with Gasteiger partial charge in [0.05, 0.1) is 11.3 Å². The van der Waals surface area contributed by atoms with Crippen LogP contribution in [0, 0.1) is 0 Å². The lowest BCUT2D eigenvalue weighted by Crippen LogP contribution is -2.18. The van der Waals surface area contributed by atoms with Crippen molar-refractivity contribution in [2.75, 3.05) is 12.4 Å². The van der Waals surface area contributed by atoms with Gasteiger partial charge in [-0.15, -0.1) is 0 Å². The molecule has 22 heavy (non-hydrogen) atoms. The summed E-state index contributed by atoms with van der Waals surface area (Å²) in [7, 11) is 0. The fourth-order valence-electron chi connectivity index (χ4n) is 1.73. The second-order valence-electron chi connectivity index (χ2n) is 4.43. The van der Waals surface area contributed by atoms with Crippen LogP contribution in [0.4, 0.5) is 32.0 Å². The summed E-state index contributed by atoms with van der Waals surface area (Å²) in [6.07, 6.45) is -3.91. The molecule has 3 nitrogen and oxygen atoms in total. The molecule has 0 bridgehead atoms. The minimum Gasteiger partial charge on any atom is -0.398 e. The monoisotopic (exact) mass is 321 g/mol. The summed E-state index contributed by atoms with van der Waals surface area (Å²) in [6, 6.07) is 3.16. The highest BCUT2D eigenvalue weighted by atomic mass is 19.4. The fraction of sp³-hybridized carbons (Fsp3) is 0.231. The highest BCUT2D eigenvalue weighted by molar-refractivity contribution is 5.74. The third-order valence-electron chi connectivity index (χ3n) is 2.87. The lowest BCUT2D eigenvalue weighted by Gasteiger charge is -2.14. The Kier molecular flexibility index (Phi) is 3.99. The first-order chi connectivity index (χ1) is 10.1. The number of benzene rings is 1. The molecule has 0 spiro atoms. The minimum atomic E-state index is -4.62. The van der Waals surface area contributed by atoms with Crippen LogP contribution < -0.4 is 5.73 Å². The third kappa shape index (κ3) is 3.12. The van der Waals surface area contributed by atoms with E-state index in [9.17, 15) is 26.3 Å². The van der Waals surface area contributed by atoms with Crippen molar-refractivity contribution >= 4 is 5.69 Å². The van der Waals surface area contributed by atoms with Crippen LogP contribution in [0.3, 0.4) is 0 Å². The van der Waals surface area contributed by atoms with Gasteiger partial charge >= 0.3 is 12.1 Å². The van der Waals surface area contributed by atoms with E-state index in [0.29, 0.717) is 18.5 Å². The van der Waals surface area contributed by atoms with E-state index in [-0.39, 0.29) is 16.9 Å². The SMILES string of the molecule is Nc1ccc(C(F)(F)F)cc1-c1cc(C(F)(F)CF)ncn1. The number of aromatic nitrogens is 2. The zero-order chi connectivity index (χ0) is 16.5. The Morgan fingerprint density at radius 3 is 2.27 bits per heavy atom. The summed E-state index contributed by atoms with van der Waals surface area (Å²) < 4.78 is 76.9. The van der Waals surface area contributed by atoms with E-state index in [1.807, 2.05) is 0 Å². The van der Waals surface area contributed by atoms with Crippen molar-refractivity contribution < 1.29 is 26.3 Å². The first-order valence-electron chi connectivity index (χ1n) is 5.88. The van der Waals surface area contributed by atoms with Crippen molar-refractivity contribution in [2.24, 2.45) is 0 Å².